The van der Waals surface area contributed by atoms with Crippen LogP contribution in [0.25, 0.3) is 11.4 Å². The van der Waals surface area contributed by atoms with E-state index in [-0.39, 0.29) is 0 Å². The van der Waals surface area contributed by atoms with E-state index in [0.717, 1.165) is 17.8 Å². The average Bonchev–Trinajstić information content (AvgIpc) is 2.78. The van der Waals surface area contributed by atoms with Gasteiger partial charge in [-0.25, -0.2) is 4.98 Å². The van der Waals surface area contributed by atoms with Gasteiger partial charge in [0.05, 0.1) is 16.4 Å². The molecule has 2 heterocycles. The van der Waals surface area contributed by atoms with Gasteiger partial charge in [0.1, 0.15) is 0 Å². The van der Waals surface area contributed by atoms with E-state index in [2.05, 4.69) is 29.2 Å². The maximum absolute atomic E-state index is 4.61. The lowest BCUT2D eigenvalue weighted by atomic mass is 10.1. The lowest BCUT2D eigenvalue weighted by Crippen LogP contribution is -1.90. The van der Waals surface area contributed by atoms with Gasteiger partial charge in [0, 0.05) is 17.5 Å². The van der Waals surface area contributed by atoms with Crippen molar-refractivity contribution in [3.8, 4) is 11.4 Å². The minimum atomic E-state index is 0.549. The van der Waals surface area contributed by atoms with E-state index >= 15 is 0 Å². The smallest absolute Gasteiger partial charge is 0.0998 e. The molecule has 0 aliphatic carbocycles. The first-order valence-corrected chi connectivity index (χ1v) is 6.06. The summed E-state index contributed by atoms with van der Waals surface area (Å²) in [5.41, 5.74) is 1.96. The highest BCUT2D eigenvalue weighted by Crippen LogP contribution is 2.26. The van der Waals surface area contributed by atoms with Gasteiger partial charge >= 0.3 is 0 Å². The Morgan fingerprint density at radius 3 is 2.87 bits per heavy atom. The Bertz CT molecular complexity index is 422. The Morgan fingerprint density at radius 2 is 2.20 bits per heavy atom. The van der Waals surface area contributed by atoms with Crippen molar-refractivity contribution < 1.29 is 0 Å². The van der Waals surface area contributed by atoms with Gasteiger partial charge in [-0.1, -0.05) is 19.9 Å². The van der Waals surface area contributed by atoms with Gasteiger partial charge in [-0.2, -0.15) is 0 Å². The normalized spacial score (nSPS) is 12.7. The van der Waals surface area contributed by atoms with Crippen LogP contribution in [0.5, 0.6) is 0 Å². The molecule has 0 amide bonds. The number of hydrogen-bond acceptors (Lipinski definition) is 3. The number of pyridine rings is 1. The van der Waals surface area contributed by atoms with Gasteiger partial charge < -0.3 is 0 Å². The van der Waals surface area contributed by atoms with Crippen molar-refractivity contribution in [2.24, 2.45) is 0 Å². The molecule has 2 rings (SSSR count). The molecule has 3 heteroatoms. The minimum Gasteiger partial charge on any atom is -0.255 e. The van der Waals surface area contributed by atoms with Gasteiger partial charge in [-0.15, -0.1) is 11.3 Å². The average molecular weight is 218 g/mol. The molecule has 0 saturated carbocycles. The van der Waals surface area contributed by atoms with Crippen LogP contribution in [-0.4, -0.2) is 9.97 Å². The Labute approximate surface area is 94.0 Å². The maximum atomic E-state index is 4.61. The quantitative estimate of drug-likeness (QED) is 0.784. The fourth-order valence-electron chi connectivity index (χ4n) is 1.32. The summed E-state index contributed by atoms with van der Waals surface area (Å²) in [6.45, 7) is 4.40. The summed E-state index contributed by atoms with van der Waals surface area (Å²) >= 11 is 1.73. The zero-order valence-corrected chi connectivity index (χ0v) is 9.79. The number of nitrogens with zero attached hydrogens (tertiary/aromatic N) is 2. The van der Waals surface area contributed by atoms with Crippen LogP contribution in [0.4, 0.5) is 0 Å². The van der Waals surface area contributed by atoms with Crippen molar-refractivity contribution in [2.45, 2.75) is 26.2 Å². The molecule has 2 nitrogen and oxygen atoms in total. The van der Waals surface area contributed by atoms with Crippen molar-refractivity contribution in [1.82, 2.24) is 9.97 Å². The lowest BCUT2D eigenvalue weighted by Gasteiger charge is -2.01. The SMILES string of the molecule is CCC(C)c1nc(-c2ccccn2)cs1. The number of rotatable bonds is 3. The van der Waals surface area contributed by atoms with Crippen LogP contribution in [0, 0.1) is 0 Å². The van der Waals surface area contributed by atoms with Gasteiger partial charge in [0.2, 0.25) is 0 Å². The van der Waals surface area contributed by atoms with Gasteiger partial charge in [-0.05, 0) is 18.6 Å². The largest absolute Gasteiger partial charge is 0.255 e. The van der Waals surface area contributed by atoms with Crippen molar-refractivity contribution in [2.75, 3.05) is 0 Å². The first kappa shape index (κ1) is 10.3. The zero-order chi connectivity index (χ0) is 10.7. The zero-order valence-electron chi connectivity index (χ0n) is 8.97. The summed E-state index contributed by atoms with van der Waals surface area (Å²) < 4.78 is 0. The van der Waals surface area contributed by atoms with Crippen LogP contribution in [0.15, 0.2) is 29.8 Å². The van der Waals surface area contributed by atoms with Crippen molar-refractivity contribution in [1.29, 1.82) is 0 Å². The molecule has 0 aromatic carbocycles. The molecule has 0 radical (unpaired) electrons. The molecule has 78 valence electrons. The molecule has 0 bridgehead atoms. The number of thiazole rings is 1. The number of aromatic nitrogens is 2. The van der Waals surface area contributed by atoms with Gasteiger partial charge in [-0.3, -0.25) is 4.98 Å². The predicted molar refractivity (Wildman–Crippen MR) is 64.1 cm³/mol. The second kappa shape index (κ2) is 4.53. The molecular formula is C12H14N2S. The Balaban J connectivity index is 2.28. The highest BCUT2D eigenvalue weighted by atomic mass is 32.1. The molecule has 0 fully saturated rings. The molecule has 0 aliphatic heterocycles. The molecule has 0 spiro atoms. The topological polar surface area (TPSA) is 25.8 Å². The molecule has 0 N–H and O–H groups in total. The fourth-order valence-corrected chi connectivity index (χ4v) is 2.28. The van der Waals surface area contributed by atoms with E-state index in [4.69, 9.17) is 0 Å². The van der Waals surface area contributed by atoms with E-state index in [9.17, 15) is 0 Å². The molecule has 2 aromatic rings. The number of hydrogen-bond donors (Lipinski definition) is 0. The highest BCUT2D eigenvalue weighted by molar-refractivity contribution is 7.10. The van der Waals surface area contributed by atoms with E-state index < -0.39 is 0 Å². The van der Waals surface area contributed by atoms with Crippen LogP contribution in [0.1, 0.15) is 31.2 Å². The second-order valence-corrected chi connectivity index (χ2v) is 4.48. The predicted octanol–water partition coefficient (Wildman–Crippen LogP) is 3.72. The van der Waals surface area contributed by atoms with Crippen LogP contribution >= 0.6 is 11.3 Å². The summed E-state index contributed by atoms with van der Waals surface area (Å²) in [6.07, 6.45) is 2.94. The third-order valence-corrected chi connectivity index (χ3v) is 3.56. The molecule has 1 unspecified atom stereocenters. The first-order chi connectivity index (χ1) is 7.31. The van der Waals surface area contributed by atoms with Gasteiger partial charge in [0.15, 0.2) is 0 Å². The first-order valence-electron chi connectivity index (χ1n) is 5.18. The van der Waals surface area contributed by atoms with E-state index in [1.54, 1.807) is 17.5 Å². The van der Waals surface area contributed by atoms with Crippen LogP contribution in [0.3, 0.4) is 0 Å². The Morgan fingerprint density at radius 1 is 1.33 bits per heavy atom. The van der Waals surface area contributed by atoms with Crippen molar-refractivity contribution >= 4 is 11.3 Å². The highest BCUT2D eigenvalue weighted by Gasteiger charge is 2.09. The molecule has 1 atom stereocenters. The molecular weight excluding hydrogens is 204 g/mol. The molecule has 0 saturated heterocycles. The second-order valence-electron chi connectivity index (χ2n) is 3.60. The van der Waals surface area contributed by atoms with E-state index in [1.807, 2.05) is 18.2 Å². The Hall–Kier alpha value is -1.22. The standard InChI is InChI=1S/C12H14N2S/c1-3-9(2)12-14-11(8-15-12)10-6-4-5-7-13-10/h4-9H,3H2,1-2H3. The van der Waals surface area contributed by atoms with Crippen LogP contribution in [-0.2, 0) is 0 Å². The monoisotopic (exact) mass is 218 g/mol. The fraction of sp³-hybridized carbons (Fsp3) is 0.333. The minimum absolute atomic E-state index is 0.549. The third-order valence-electron chi connectivity index (χ3n) is 2.48. The Kier molecular flexibility index (Phi) is 3.11. The summed E-state index contributed by atoms with van der Waals surface area (Å²) in [5, 5.41) is 3.29. The summed E-state index contributed by atoms with van der Waals surface area (Å²) in [7, 11) is 0. The molecule has 0 aliphatic rings. The molecule has 2 aromatic heterocycles. The lowest BCUT2D eigenvalue weighted by molar-refractivity contribution is 0.727. The van der Waals surface area contributed by atoms with Crippen LogP contribution in [0.2, 0.25) is 0 Å². The summed E-state index contributed by atoms with van der Waals surface area (Å²) in [5.74, 6) is 0.549. The van der Waals surface area contributed by atoms with Crippen molar-refractivity contribution in [3.63, 3.8) is 0 Å². The maximum Gasteiger partial charge on any atom is 0.0998 e. The van der Waals surface area contributed by atoms with Crippen LogP contribution < -0.4 is 0 Å². The summed E-state index contributed by atoms with van der Waals surface area (Å²) in [4.78, 5) is 8.90. The van der Waals surface area contributed by atoms with E-state index in [0.29, 0.717) is 5.92 Å². The summed E-state index contributed by atoms with van der Waals surface area (Å²) in [6, 6.07) is 5.91. The third kappa shape index (κ3) is 2.23. The van der Waals surface area contributed by atoms with Crippen molar-refractivity contribution in [3.05, 3.63) is 34.8 Å². The van der Waals surface area contributed by atoms with Gasteiger partial charge in [0.25, 0.3) is 0 Å². The molecule has 15 heavy (non-hydrogen) atoms. The van der Waals surface area contributed by atoms with E-state index in [1.165, 1.54) is 5.01 Å².